The van der Waals surface area contributed by atoms with Crippen molar-refractivity contribution in [2.45, 2.75) is 104 Å². The first-order valence-electron chi connectivity index (χ1n) is 22.0. The summed E-state index contributed by atoms with van der Waals surface area (Å²) in [6.07, 6.45) is 5.82. The van der Waals surface area contributed by atoms with E-state index < -0.39 is 11.3 Å². The van der Waals surface area contributed by atoms with E-state index >= 15 is 0 Å². The van der Waals surface area contributed by atoms with Gasteiger partial charge in [-0.1, -0.05) is 33.8 Å². The summed E-state index contributed by atoms with van der Waals surface area (Å²) in [6, 6.07) is 9.51. The van der Waals surface area contributed by atoms with E-state index in [2.05, 4.69) is 65.7 Å². The van der Waals surface area contributed by atoms with Crippen LogP contribution in [0.15, 0.2) is 41.9 Å². The summed E-state index contributed by atoms with van der Waals surface area (Å²) in [6.45, 7) is 15.9. The van der Waals surface area contributed by atoms with Crippen molar-refractivity contribution in [3.63, 3.8) is 0 Å². The van der Waals surface area contributed by atoms with E-state index in [1.54, 1.807) is 31.2 Å². The fraction of sp³-hybridized carbons (Fsp3) is 0.565. The van der Waals surface area contributed by atoms with Crippen LogP contribution in [-0.4, -0.2) is 124 Å². The van der Waals surface area contributed by atoms with Crippen LogP contribution in [0.3, 0.4) is 0 Å². The summed E-state index contributed by atoms with van der Waals surface area (Å²) in [5, 5.41) is 10.9. The SMILES string of the molecule is CCn1c(Cc2cccnc2C(C)OC)c(CC(C)(C)CNC=O)c2cc(-c3nc(CC(NC(=O)C(SN(C)C(=O)N4CC(OC)C4)C(C)C)C(=O)N4CCCCN4)cs3)ccc21. The number of aryl methyl sites for hydroxylation is 1. The lowest BCUT2D eigenvalue weighted by molar-refractivity contribution is -0.140. The second kappa shape index (κ2) is 21.4. The van der Waals surface area contributed by atoms with Crippen LogP contribution in [0.5, 0.6) is 0 Å². The molecule has 2 aliphatic rings. The highest BCUT2D eigenvalue weighted by Gasteiger charge is 2.37. The number of methoxy groups -OCH3 is 2. The number of hydrogen-bond acceptors (Lipinski definition) is 11. The van der Waals surface area contributed by atoms with Crippen LogP contribution in [-0.2, 0) is 49.7 Å². The number of benzene rings is 1. The predicted octanol–water partition coefficient (Wildman–Crippen LogP) is 6.00. The molecule has 2 saturated heterocycles. The molecule has 3 unspecified atom stereocenters. The molecule has 0 bridgehead atoms. The Morgan fingerprint density at radius 2 is 1.92 bits per heavy atom. The van der Waals surface area contributed by atoms with Crippen molar-refractivity contribution in [1.29, 1.82) is 0 Å². The third kappa shape index (κ3) is 11.4. The summed E-state index contributed by atoms with van der Waals surface area (Å²) in [7, 11) is 5.01. The van der Waals surface area contributed by atoms with Gasteiger partial charge < -0.3 is 29.6 Å². The second-order valence-electron chi connectivity index (χ2n) is 17.7. The molecule has 15 nitrogen and oxygen atoms in total. The highest BCUT2D eigenvalue weighted by molar-refractivity contribution is 7.98. The highest BCUT2D eigenvalue weighted by Crippen LogP contribution is 2.37. The number of carbonyl (C=O) groups excluding carboxylic acids is 4. The smallest absolute Gasteiger partial charge is 0.329 e. The molecule has 63 heavy (non-hydrogen) atoms. The van der Waals surface area contributed by atoms with Gasteiger partial charge in [0.2, 0.25) is 12.3 Å². The first kappa shape index (κ1) is 47.9. The number of amides is 5. The average molecular weight is 904 g/mol. The zero-order valence-corrected chi connectivity index (χ0v) is 39.9. The van der Waals surface area contributed by atoms with E-state index in [1.165, 1.54) is 38.8 Å². The topological polar surface area (TPSA) is 163 Å². The Morgan fingerprint density at radius 1 is 1.14 bits per heavy atom. The van der Waals surface area contributed by atoms with Gasteiger partial charge in [-0.3, -0.25) is 28.7 Å². The van der Waals surface area contributed by atoms with Crippen LogP contribution < -0.4 is 16.1 Å². The maximum Gasteiger partial charge on any atom is 0.329 e. The van der Waals surface area contributed by atoms with Crippen molar-refractivity contribution in [2.24, 2.45) is 11.3 Å². The van der Waals surface area contributed by atoms with E-state index in [-0.39, 0.29) is 47.8 Å². The maximum atomic E-state index is 14.2. The first-order chi connectivity index (χ1) is 30.2. The molecule has 0 aliphatic carbocycles. The van der Waals surface area contributed by atoms with E-state index in [0.29, 0.717) is 44.8 Å². The third-order valence-corrected chi connectivity index (χ3v) is 14.4. The largest absolute Gasteiger partial charge is 0.378 e. The van der Waals surface area contributed by atoms with Crippen molar-refractivity contribution < 1.29 is 28.7 Å². The van der Waals surface area contributed by atoms with E-state index in [0.717, 1.165) is 64.9 Å². The normalized spacial score (nSPS) is 16.2. The molecule has 17 heteroatoms. The van der Waals surface area contributed by atoms with Gasteiger partial charge in [0, 0.05) is 94.0 Å². The Hall–Kier alpha value is -4.55. The number of likely N-dealkylation sites (tertiary alicyclic amines) is 1. The van der Waals surface area contributed by atoms with Crippen molar-refractivity contribution in [3.8, 4) is 10.6 Å². The zero-order valence-electron chi connectivity index (χ0n) is 38.2. The Morgan fingerprint density at radius 3 is 2.59 bits per heavy atom. The number of pyridine rings is 1. The maximum absolute atomic E-state index is 14.2. The molecule has 3 aromatic heterocycles. The Labute approximate surface area is 380 Å². The number of fused-ring (bicyclic) bond motifs is 1. The van der Waals surface area contributed by atoms with Crippen LogP contribution >= 0.6 is 23.3 Å². The second-order valence-corrected chi connectivity index (χ2v) is 19.8. The first-order valence-corrected chi connectivity index (χ1v) is 23.7. The minimum absolute atomic E-state index is 0.0199. The van der Waals surface area contributed by atoms with Crippen molar-refractivity contribution >= 4 is 58.4 Å². The molecule has 3 N–H and O–H groups in total. The van der Waals surface area contributed by atoms with E-state index in [4.69, 9.17) is 19.4 Å². The van der Waals surface area contributed by atoms with Gasteiger partial charge in [-0.25, -0.2) is 15.2 Å². The highest BCUT2D eigenvalue weighted by atomic mass is 32.2. The standard InChI is InChI=1S/C46H65N9O6S2/c1-10-54-38-16-15-32(20-35(38)36(23-46(5,6)27-47-28-56)39(54)21-31-14-13-17-48-40(31)30(4)60-8)43-50-33(26-62-43)22-37(44(58)55-19-12-11-18-49-55)51-42(57)41(29(2)3)63-52(7)45(59)53-24-34(25-53)61-9/h13-17,20,26,28-30,34,37,41,49H,10-12,18-19,21-25,27H2,1-9H3,(H,47,56)(H,51,57). The molecule has 2 fully saturated rings. The molecular formula is C46H65N9O6S2. The number of urea groups is 1. The average Bonchev–Trinajstić information content (AvgIpc) is 3.85. The third-order valence-electron chi connectivity index (χ3n) is 12.0. The Kier molecular flexibility index (Phi) is 16.3. The summed E-state index contributed by atoms with van der Waals surface area (Å²) in [4.78, 5) is 64.3. The molecule has 342 valence electrons. The molecule has 1 aromatic carbocycles. The molecule has 0 saturated carbocycles. The van der Waals surface area contributed by atoms with Crippen LogP contribution in [0.1, 0.15) is 88.7 Å². The number of hydrogen-bond donors (Lipinski definition) is 3. The lowest BCUT2D eigenvalue weighted by atomic mass is 9.83. The quantitative estimate of drug-likeness (QED) is 0.0709. The molecular weight excluding hydrogens is 839 g/mol. The number of nitrogens with zero attached hydrogens (tertiary/aromatic N) is 6. The van der Waals surface area contributed by atoms with Gasteiger partial charge >= 0.3 is 6.03 Å². The fourth-order valence-electron chi connectivity index (χ4n) is 8.38. The van der Waals surface area contributed by atoms with Crippen molar-refractivity contribution in [1.82, 2.24) is 44.8 Å². The van der Waals surface area contributed by atoms with Gasteiger partial charge in [-0.05, 0) is 91.8 Å². The number of thiazole rings is 1. The number of nitrogens with one attached hydrogen (secondary N) is 3. The summed E-state index contributed by atoms with van der Waals surface area (Å²) >= 11 is 2.68. The molecule has 5 heterocycles. The molecule has 0 radical (unpaired) electrons. The molecule has 0 spiro atoms. The molecule has 5 amide bonds. The van der Waals surface area contributed by atoms with Gasteiger partial charge in [0.15, 0.2) is 0 Å². The summed E-state index contributed by atoms with van der Waals surface area (Å²) < 4.78 is 14.9. The van der Waals surface area contributed by atoms with Gasteiger partial charge in [0.05, 0.1) is 36.7 Å². The van der Waals surface area contributed by atoms with Gasteiger partial charge in [0.25, 0.3) is 5.91 Å². The minimum Gasteiger partial charge on any atom is -0.378 e. The molecule has 3 atom stereocenters. The number of hydrazine groups is 1. The van der Waals surface area contributed by atoms with Crippen LogP contribution in [0, 0.1) is 11.3 Å². The predicted molar refractivity (Wildman–Crippen MR) is 249 cm³/mol. The lowest BCUT2D eigenvalue weighted by Gasteiger charge is -2.40. The Balaban J connectivity index is 1.30. The number of rotatable bonds is 20. The number of ether oxygens (including phenoxy) is 2. The van der Waals surface area contributed by atoms with E-state index in [1.807, 2.05) is 38.4 Å². The monoisotopic (exact) mass is 903 g/mol. The van der Waals surface area contributed by atoms with Crippen molar-refractivity contribution in [3.05, 3.63) is 70.1 Å². The summed E-state index contributed by atoms with van der Waals surface area (Å²) in [5.41, 5.74) is 10.1. The van der Waals surface area contributed by atoms with Crippen LogP contribution in [0.2, 0.25) is 0 Å². The van der Waals surface area contributed by atoms with Gasteiger partial charge in [0.1, 0.15) is 16.3 Å². The number of aromatic nitrogens is 3. The molecule has 6 rings (SSSR count). The number of carbonyl (C=O) groups is 4. The van der Waals surface area contributed by atoms with Crippen molar-refractivity contribution in [2.75, 3.05) is 54.0 Å². The van der Waals surface area contributed by atoms with Crippen LogP contribution in [0.25, 0.3) is 21.5 Å². The Bertz CT molecular complexity index is 2210. The fourth-order valence-corrected chi connectivity index (χ4v) is 10.2. The van der Waals surface area contributed by atoms with Gasteiger partial charge in [-0.2, -0.15) is 0 Å². The van der Waals surface area contributed by atoms with Crippen LogP contribution in [0.4, 0.5) is 4.79 Å². The van der Waals surface area contributed by atoms with Gasteiger partial charge in [-0.15, -0.1) is 11.3 Å². The molecule has 4 aromatic rings. The van der Waals surface area contributed by atoms with E-state index in [9.17, 15) is 19.2 Å². The molecule has 2 aliphatic heterocycles. The minimum atomic E-state index is -0.880. The zero-order chi connectivity index (χ0) is 45.4. The summed E-state index contributed by atoms with van der Waals surface area (Å²) in [5.74, 6) is -0.656. The lowest BCUT2D eigenvalue weighted by Crippen LogP contribution is -2.58.